The molecule has 0 aromatic heterocycles. The van der Waals surface area contributed by atoms with Gasteiger partial charge in [0.1, 0.15) is 0 Å². The van der Waals surface area contributed by atoms with Crippen LogP contribution in [0.25, 0.3) is 0 Å². The zero-order valence-corrected chi connectivity index (χ0v) is 12.1. The van der Waals surface area contributed by atoms with Crippen LogP contribution in [0.3, 0.4) is 0 Å². The Labute approximate surface area is 117 Å². The molecule has 1 N–H and O–H groups in total. The summed E-state index contributed by atoms with van der Waals surface area (Å²) in [4.78, 5) is 0. The van der Waals surface area contributed by atoms with Gasteiger partial charge in [-0.25, -0.2) is 0 Å². The topological polar surface area (TPSA) is 21.3 Å². The van der Waals surface area contributed by atoms with Crippen LogP contribution in [-0.2, 0) is 4.74 Å². The number of hydrogen-bond acceptors (Lipinski definition) is 2. The predicted octanol–water partition coefficient (Wildman–Crippen LogP) is 3.93. The number of hydrogen-bond donors (Lipinski definition) is 1. The van der Waals surface area contributed by atoms with Gasteiger partial charge in [0.15, 0.2) is 0 Å². The van der Waals surface area contributed by atoms with E-state index in [0.717, 1.165) is 19.1 Å². The van der Waals surface area contributed by atoms with Crippen molar-refractivity contribution in [2.45, 2.75) is 44.6 Å². The first kappa shape index (κ1) is 14.5. The summed E-state index contributed by atoms with van der Waals surface area (Å²) in [6.45, 7) is 1.84. The summed E-state index contributed by atoms with van der Waals surface area (Å²) in [6.07, 6.45) is 8.50. The van der Waals surface area contributed by atoms with Crippen LogP contribution in [0.15, 0.2) is 30.3 Å². The molecule has 1 aromatic rings. The Morgan fingerprint density at radius 1 is 1.21 bits per heavy atom. The zero-order chi connectivity index (χ0) is 13.3. The minimum absolute atomic E-state index is 0.328. The molecule has 0 heterocycles. The second kappa shape index (κ2) is 8.34. The van der Waals surface area contributed by atoms with Crippen LogP contribution < -0.4 is 5.32 Å². The van der Waals surface area contributed by atoms with Crippen LogP contribution in [0.1, 0.15) is 50.1 Å². The fraction of sp³-hybridized carbons (Fsp3) is 0.647. The van der Waals surface area contributed by atoms with E-state index in [1.807, 2.05) is 0 Å². The van der Waals surface area contributed by atoms with Crippen LogP contribution in [0, 0.1) is 5.92 Å². The van der Waals surface area contributed by atoms with Crippen molar-refractivity contribution in [2.75, 3.05) is 20.3 Å². The normalized spacial score (nSPS) is 17.7. The number of methoxy groups -OCH3 is 1. The summed E-state index contributed by atoms with van der Waals surface area (Å²) in [5, 5.41) is 3.64. The van der Waals surface area contributed by atoms with Gasteiger partial charge in [0.05, 0.1) is 12.6 Å². The molecule has 0 aliphatic heterocycles. The van der Waals surface area contributed by atoms with Crippen LogP contribution in [0.5, 0.6) is 0 Å². The van der Waals surface area contributed by atoms with Gasteiger partial charge < -0.3 is 10.1 Å². The first-order valence-corrected chi connectivity index (χ1v) is 7.67. The third-order valence-corrected chi connectivity index (χ3v) is 4.19. The first-order valence-electron chi connectivity index (χ1n) is 7.67. The Bertz CT molecular complexity index is 332. The van der Waals surface area contributed by atoms with Gasteiger partial charge in [0, 0.05) is 7.11 Å². The van der Waals surface area contributed by atoms with Gasteiger partial charge in [-0.3, -0.25) is 0 Å². The Morgan fingerprint density at radius 2 is 1.95 bits per heavy atom. The SMILES string of the molecule is COCC(NCCCC1CCCC1)c1ccccc1. The summed E-state index contributed by atoms with van der Waals surface area (Å²) in [6, 6.07) is 10.9. The molecule has 2 rings (SSSR count). The van der Waals surface area contributed by atoms with E-state index in [-0.39, 0.29) is 0 Å². The molecule has 1 unspecified atom stereocenters. The number of nitrogens with one attached hydrogen (secondary N) is 1. The molecular weight excluding hydrogens is 234 g/mol. The fourth-order valence-corrected chi connectivity index (χ4v) is 3.09. The standard InChI is InChI=1S/C17H27NO/c1-19-14-17(16-11-3-2-4-12-16)18-13-7-10-15-8-5-6-9-15/h2-4,11-12,15,17-18H,5-10,13-14H2,1H3. The molecular formula is C17H27NO. The molecule has 19 heavy (non-hydrogen) atoms. The average molecular weight is 261 g/mol. The van der Waals surface area contributed by atoms with Gasteiger partial charge in [-0.15, -0.1) is 0 Å². The van der Waals surface area contributed by atoms with Gasteiger partial charge in [-0.05, 0) is 30.9 Å². The fourth-order valence-electron chi connectivity index (χ4n) is 3.09. The molecule has 0 amide bonds. The van der Waals surface area contributed by atoms with Crippen molar-refractivity contribution in [1.82, 2.24) is 5.32 Å². The Balaban J connectivity index is 1.71. The first-order chi connectivity index (χ1) is 9.40. The van der Waals surface area contributed by atoms with Crippen LogP contribution in [0.4, 0.5) is 0 Å². The monoisotopic (exact) mass is 261 g/mol. The highest BCUT2D eigenvalue weighted by molar-refractivity contribution is 5.18. The Kier molecular flexibility index (Phi) is 6.38. The molecule has 1 aromatic carbocycles. The van der Waals surface area contributed by atoms with Crippen LogP contribution >= 0.6 is 0 Å². The molecule has 1 aliphatic rings. The van der Waals surface area contributed by atoms with E-state index >= 15 is 0 Å². The molecule has 0 spiro atoms. The number of rotatable bonds is 8. The number of ether oxygens (including phenoxy) is 1. The zero-order valence-electron chi connectivity index (χ0n) is 12.1. The van der Waals surface area contributed by atoms with Gasteiger partial charge in [-0.2, -0.15) is 0 Å². The molecule has 1 fully saturated rings. The van der Waals surface area contributed by atoms with Crippen molar-refractivity contribution in [3.63, 3.8) is 0 Å². The van der Waals surface area contributed by atoms with Crippen molar-refractivity contribution in [3.8, 4) is 0 Å². The molecule has 1 aliphatic carbocycles. The minimum atomic E-state index is 0.328. The van der Waals surface area contributed by atoms with E-state index < -0.39 is 0 Å². The summed E-state index contributed by atoms with van der Waals surface area (Å²) in [5.41, 5.74) is 1.32. The van der Waals surface area contributed by atoms with Gasteiger partial charge in [0.25, 0.3) is 0 Å². The third kappa shape index (κ3) is 4.96. The smallest absolute Gasteiger partial charge is 0.0657 e. The quantitative estimate of drug-likeness (QED) is 0.716. The van der Waals surface area contributed by atoms with Crippen molar-refractivity contribution >= 4 is 0 Å². The predicted molar refractivity (Wildman–Crippen MR) is 80.3 cm³/mol. The lowest BCUT2D eigenvalue weighted by Crippen LogP contribution is -2.26. The molecule has 106 valence electrons. The van der Waals surface area contributed by atoms with Crippen molar-refractivity contribution < 1.29 is 4.74 Å². The second-order valence-electron chi connectivity index (χ2n) is 5.67. The third-order valence-electron chi connectivity index (χ3n) is 4.19. The maximum atomic E-state index is 5.33. The molecule has 2 nitrogen and oxygen atoms in total. The Hall–Kier alpha value is -0.860. The van der Waals surface area contributed by atoms with Crippen LogP contribution in [0.2, 0.25) is 0 Å². The largest absolute Gasteiger partial charge is 0.383 e. The van der Waals surface area contributed by atoms with Gasteiger partial charge in [-0.1, -0.05) is 56.0 Å². The average Bonchev–Trinajstić information content (AvgIpc) is 2.96. The van der Waals surface area contributed by atoms with Gasteiger partial charge >= 0.3 is 0 Å². The highest BCUT2D eigenvalue weighted by atomic mass is 16.5. The van der Waals surface area contributed by atoms with E-state index in [0.29, 0.717) is 6.04 Å². The molecule has 0 saturated heterocycles. The lowest BCUT2D eigenvalue weighted by Gasteiger charge is -2.19. The lowest BCUT2D eigenvalue weighted by molar-refractivity contribution is 0.166. The summed E-state index contributed by atoms with van der Waals surface area (Å²) >= 11 is 0. The van der Waals surface area contributed by atoms with E-state index in [1.54, 1.807) is 7.11 Å². The van der Waals surface area contributed by atoms with Crippen molar-refractivity contribution in [3.05, 3.63) is 35.9 Å². The molecule has 0 bridgehead atoms. The van der Waals surface area contributed by atoms with Crippen LogP contribution in [-0.4, -0.2) is 20.3 Å². The van der Waals surface area contributed by atoms with Crippen molar-refractivity contribution in [1.29, 1.82) is 0 Å². The van der Waals surface area contributed by atoms with Gasteiger partial charge in [0.2, 0.25) is 0 Å². The minimum Gasteiger partial charge on any atom is -0.383 e. The molecule has 1 saturated carbocycles. The lowest BCUT2D eigenvalue weighted by atomic mass is 10.0. The maximum Gasteiger partial charge on any atom is 0.0657 e. The second-order valence-corrected chi connectivity index (χ2v) is 5.67. The Morgan fingerprint density at radius 3 is 2.63 bits per heavy atom. The van der Waals surface area contributed by atoms with E-state index in [9.17, 15) is 0 Å². The van der Waals surface area contributed by atoms with Crippen molar-refractivity contribution in [2.24, 2.45) is 5.92 Å². The van der Waals surface area contributed by atoms with E-state index in [1.165, 1.54) is 44.1 Å². The highest BCUT2D eigenvalue weighted by Gasteiger charge is 2.15. The highest BCUT2D eigenvalue weighted by Crippen LogP contribution is 2.28. The van der Waals surface area contributed by atoms with E-state index in [4.69, 9.17) is 4.74 Å². The van der Waals surface area contributed by atoms with E-state index in [2.05, 4.69) is 35.6 Å². The summed E-state index contributed by atoms with van der Waals surface area (Å²) in [7, 11) is 1.77. The maximum absolute atomic E-state index is 5.33. The molecule has 0 radical (unpaired) electrons. The summed E-state index contributed by atoms with van der Waals surface area (Å²) in [5.74, 6) is 0.999. The number of benzene rings is 1. The summed E-state index contributed by atoms with van der Waals surface area (Å²) < 4.78 is 5.33. The molecule has 1 atom stereocenters. The molecule has 2 heteroatoms.